The van der Waals surface area contributed by atoms with Crippen LogP contribution in [0.4, 0.5) is 0 Å². The molecule has 0 aliphatic rings. The molecule has 0 spiro atoms. The van der Waals surface area contributed by atoms with Crippen molar-refractivity contribution >= 4 is 17.1 Å². The maximum Gasteiger partial charge on any atom is 0.271 e. The van der Waals surface area contributed by atoms with Gasteiger partial charge >= 0.3 is 0 Å². The molecule has 29 heavy (non-hydrogen) atoms. The third-order valence-corrected chi connectivity index (χ3v) is 5.04. The minimum atomic E-state index is -0.250. The second-order valence-electron chi connectivity index (χ2n) is 6.54. The molecule has 5 rings (SSSR count). The first-order chi connectivity index (χ1) is 14.2. The Bertz CT molecular complexity index is 1390. The minimum Gasteiger partial charge on any atom is -0.267 e. The number of benzene rings is 2. The average molecular weight is 399 g/mol. The first-order valence-electron chi connectivity index (χ1n) is 9.11. The normalized spacial score (nSPS) is 11.1. The van der Waals surface area contributed by atoms with Crippen molar-refractivity contribution in [2.75, 3.05) is 0 Å². The molecule has 0 fully saturated rings. The molecule has 0 saturated heterocycles. The Labute approximate surface area is 171 Å². The Balaban J connectivity index is 1.80. The van der Waals surface area contributed by atoms with Gasteiger partial charge in [-0.15, -0.1) is 0 Å². The van der Waals surface area contributed by atoms with Crippen LogP contribution < -0.4 is 5.56 Å². The lowest BCUT2D eigenvalue weighted by atomic mass is 10.0. The Morgan fingerprint density at radius 3 is 2.34 bits per heavy atom. The molecule has 0 radical (unpaired) electrons. The van der Waals surface area contributed by atoms with E-state index in [2.05, 4.69) is 5.10 Å². The van der Waals surface area contributed by atoms with Crippen molar-refractivity contribution in [3.05, 3.63) is 107 Å². The highest BCUT2D eigenvalue weighted by molar-refractivity contribution is 6.32. The van der Waals surface area contributed by atoms with Gasteiger partial charge in [0, 0.05) is 17.8 Å². The van der Waals surface area contributed by atoms with Crippen LogP contribution in [0.1, 0.15) is 0 Å². The van der Waals surface area contributed by atoms with Gasteiger partial charge < -0.3 is 0 Å². The van der Waals surface area contributed by atoms with Crippen LogP contribution in [0.5, 0.6) is 0 Å². The lowest BCUT2D eigenvalue weighted by molar-refractivity contribution is 0.813. The lowest BCUT2D eigenvalue weighted by Crippen LogP contribution is -2.20. The highest BCUT2D eigenvalue weighted by Gasteiger charge is 2.18. The van der Waals surface area contributed by atoms with E-state index >= 15 is 0 Å². The summed E-state index contributed by atoms with van der Waals surface area (Å²) in [6.07, 6.45) is 1.90. The maximum absolute atomic E-state index is 12.5. The van der Waals surface area contributed by atoms with Gasteiger partial charge in [-0.25, -0.2) is 4.52 Å². The minimum absolute atomic E-state index is 0.250. The first kappa shape index (κ1) is 17.4. The van der Waals surface area contributed by atoms with Gasteiger partial charge in [0.1, 0.15) is 5.69 Å². The Morgan fingerprint density at radius 2 is 1.52 bits per heavy atom. The molecule has 6 heteroatoms. The van der Waals surface area contributed by atoms with Crippen molar-refractivity contribution < 1.29 is 0 Å². The summed E-state index contributed by atoms with van der Waals surface area (Å²) < 4.78 is 3.16. The van der Waals surface area contributed by atoms with Gasteiger partial charge in [0.15, 0.2) is 0 Å². The Hall–Kier alpha value is -3.70. The molecule has 0 saturated carbocycles. The van der Waals surface area contributed by atoms with Gasteiger partial charge in [-0.1, -0.05) is 60.1 Å². The van der Waals surface area contributed by atoms with Gasteiger partial charge in [0.05, 0.1) is 27.5 Å². The smallest absolute Gasteiger partial charge is 0.267 e. The summed E-state index contributed by atoms with van der Waals surface area (Å²) in [6.45, 7) is 0. The van der Waals surface area contributed by atoms with Crippen molar-refractivity contribution in [3.63, 3.8) is 0 Å². The second kappa shape index (κ2) is 7.04. The van der Waals surface area contributed by atoms with Gasteiger partial charge in [0.25, 0.3) is 5.56 Å². The molecule has 0 unspecified atom stereocenters. The quantitative estimate of drug-likeness (QED) is 0.435. The van der Waals surface area contributed by atoms with Gasteiger partial charge in [-0.3, -0.25) is 4.79 Å². The third kappa shape index (κ3) is 3.02. The fourth-order valence-corrected chi connectivity index (χ4v) is 3.61. The van der Waals surface area contributed by atoms with Crippen LogP contribution in [0.15, 0.2) is 95.9 Å². The van der Waals surface area contributed by atoms with E-state index in [4.69, 9.17) is 16.7 Å². The average Bonchev–Trinajstić information content (AvgIpc) is 3.15. The fraction of sp³-hybridized carbons (Fsp3) is 0. The number of hydrogen-bond acceptors (Lipinski definition) is 3. The predicted molar refractivity (Wildman–Crippen MR) is 114 cm³/mol. The molecule has 0 bridgehead atoms. The molecule has 140 valence electrons. The number of halogens is 1. The van der Waals surface area contributed by atoms with Crippen LogP contribution in [0.2, 0.25) is 5.02 Å². The number of aromatic nitrogens is 4. The molecule has 2 aromatic carbocycles. The number of fused-ring (bicyclic) bond motifs is 1. The van der Waals surface area contributed by atoms with Crippen LogP contribution in [0.25, 0.3) is 33.7 Å². The summed E-state index contributed by atoms with van der Waals surface area (Å²) in [7, 11) is 0. The number of hydrogen-bond donors (Lipinski definition) is 0. The molecule has 0 aliphatic heterocycles. The lowest BCUT2D eigenvalue weighted by Gasteiger charge is -2.09. The molecule has 0 amide bonds. The summed E-state index contributed by atoms with van der Waals surface area (Å²) in [5.41, 5.74) is 4.47. The van der Waals surface area contributed by atoms with Crippen molar-refractivity contribution in [1.82, 2.24) is 19.4 Å². The summed E-state index contributed by atoms with van der Waals surface area (Å²) in [5, 5.41) is 9.87. The van der Waals surface area contributed by atoms with E-state index in [9.17, 15) is 4.79 Å². The monoisotopic (exact) mass is 398 g/mol. The summed E-state index contributed by atoms with van der Waals surface area (Å²) in [5.74, 6) is 0. The van der Waals surface area contributed by atoms with Gasteiger partial charge in [-0.2, -0.15) is 14.9 Å². The van der Waals surface area contributed by atoms with Gasteiger partial charge in [-0.05, 0) is 30.3 Å². The van der Waals surface area contributed by atoms with Crippen LogP contribution >= 0.6 is 11.6 Å². The molecule has 0 N–H and O–H groups in total. The van der Waals surface area contributed by atoms with E-state index in [1.807, 2.05) is 71.4 Å². The first-order valence-corrected chi connectivity index (χ1v) is 9.48. The summed E-state index contributed by atoms with van der Waals surface area (Å²) in [4.78, 5) is 12.5. The van der Waals surface area contributed by atoms with Gasteiger partial charge in [0.2, 0.25) is 0 Å². The van der Waals surface area contributed by atoms with E-state index in [0.29, 0.717) is 16.4 Å². The SMILES string of the molecule is O=c1ccc(-c2c(-c3ccccc3)nn3ccccc23)nn1-c1ccccc1Cl. The number of rotatable bonds is 3. The zero-order chi connectivity index (χ0) is 19.8. The molecular weight excluding hydrogens is 384 g/mol. The molecular formula is C23H15ClN4O. The number of para-hydroxylation sites is 1. The van der Waals surface area contributed by atoms with Crippen LogP contribution in [-0.4, -0.2) is 19.4 Å². The van der Waals surface area contributed by atoms with Crippen LogP contribution in [-0.2, 0) is 0 Å². The largest absolute Gasteiger partial charge is 0.271 e. The summed E-state index contributed by atoms with van der Waals surface area (Å²) in [6, 6.07) is 26.2. The summed E-state index contributed by atoms with van der Waals surface area (Å²) >= 11 is 6.31. The maximum atomic E-state index is 12.5. The van der Waals surface area contributed by atoms with E-state index in [1.165, 1.54) is 10.7 Å². The van der Waals surface area contributed by atoms with E-state index in [0.717, 1.165) is 22.3 Å². The second-order valence-corrected chi connectivity index (χ2v) is 6.95. The highest BCUT2D eigenvalue weighted by Crippen LogP contribution is 2.33. The van der Waals surface area contributed by atoms with Crippen molar-refractivity contribution in [2.45, 2.75) is 0 Å². The molecule has 5 nitrogen and oxygen atoms in total. The van der Waals surface area contributed by atoms with Crippen LogP contribution in [0.3, 0.4) is 0 Å². The van der Waals surface area contributed by atoms with E-state index < -0.39 is 0 Å². The Kier molecular flexibility index (Phi) is 4.22. The molecule has 0 atom stereocenters. The molecule has 0 aliphatic carbocycles. The highest BCUT2D eigenvalue weighted by atomic mass is 35.5. The molecule has 5 aromatic rings. The topological polar surface area (TPSA) is 52.2 Å². The Morgan fingerprint density at radius 1 is 0.759 bits per heavy atom. The molecule has 3 aromatic heterocycles. The van der Waals surface area contributed by atoms with E-state index in [1.54, 1.807) is 18.2 Å². The number of nitrogens with zero attached hydrogens (tertiary/aromatic N) is 4. The standard InChI is InChI=1S/C23H15ClN4O/c24-17-10-4-5-11-19(17)28-21(29)14-13-18(25-28)22-20-12-6-7-15-27(20)26-23(22)16-8-2-1-3-9-16/h1-15H. The molecule has 3 heterocycles. The van der Waals surface area contributed by atoms with Crippen molar-refractivity contribution in [3.8, 4) is 28.2 Å². The number of pyridine rings is 1. The van der Waals surface area contributed by atoms with Crippen molar-refractivity contribution in [1.29, 1.82) is 0 Å². The van der Waals surface area contributed by atoms with Crippen LogP contribution in [0, 0.1) is 0 Å². The predicted octanol–water partition coefficient (Wildman–Crippen LogP) is 4.87. The van der Waals surface area contributed by atoms with Crippen molar-refractivity contribution in [2.24, 2.45) is 0 Å². The zero-order valence-corrected chi connectivity index (χ0v) is 16.0. The zero-order valence-electron chi connectivity index (χ0n) is 15.2. The third-order valence-electron chi connectivity index (χ3n) is 4.72. The van der Waals surface area contributed by atoms with E-state index in [-0.39, 0.29) is 5.56 Å². The fourth-order valence-electron chi connectivity index (χ4n) is 3.39.